The van der Waals surface area contributed by atoms with Crippen molar-refractivity contribution in [2.24, 2.45) is 5.84 Å². The molecule has 9 nitrogen and oxygen atoms in total. The number of piperazine rings is 1. The van der Waals surface area contributed by atoms with Crippen molar-refractivity contribution in [3.05, 3.63) is 15.8 Å². The molecule has 0 aromatic carbocycles. The Morgan fingerprint density at radius 3 is 2.52 bits per heavy atom. The molecule has 9 heteroatoms. The van der Waals surface area contributed by atoms with Gasteiger partial charge in [-0.1, -0.05) is 6.92 Å². The maximum absolute atomic E-state index is 11.3. The molecule has 2 heterocycles. The molecule has 1 aromatic rings. The molecule has 0 spiro atoms. The van der Waals surface area contributed by atoms with E-state index < -0.39 is 4.92 Å². The van der Waals surface area contributed by atoms with Crippen LogP contribution in [0.4, 0.5) is 17.5 Å². The topological polar surface area (TPSA) is 113 Å². The van der Waals surface area contributed by atoms with Gasteiger partial charge in [-0.2, -0.15) is 4.98 Å². The highest BCUT2D eigenvalue weighted by Crippen LogP contribution is 2.30. The number of nitrogen functional groups attached to an aromatic ring is 1. The van der Waals surface area contributed by atoms with Crippen LogP contribution in [0.3, 0.4) is 0 Å². The van der Waals surface area contributed by atoms with Gasteiger partial charge in [0.05, 0.1) is 4.92 Å². The van der Waals surface area contributed by atoms with E-state index in [0.717, 1.165) is 26.1 Å². The molecule has 3 N–H and O–H groups in total. The second kappa shape index (κ2) is 6.64. The summed E-state index contributed by atoms with van der Waals surface area (Å²) >= 11 is 0. The van der Waals surface area contributed by atoms with Crippen LogP contribution in [0, 0.1) is 17.0 Å². The van der Waals surface area contributed by atoms with E-state index in [1.165, 1.54) is 0 Å². The minimum Gasteiger partial charge on any atom is -0.348 e. The molecule has 0 amide bonds. The Morgan fingerprint density at radius 1 is 1.33 bits per heavy atom. The summed E-state index contributed by atoms with van der Waals surface area (Å²) in [5.41, 5.74) is 2.63. The number of hydrogen-bond acceptors (Lipinski definition) is 8. The molecule has 0 saturated carbocycles. The first-order valence-corrected chi connectivity index (χ1v) is 7.03. The van der Waals surface area contributed by atoms with Crippen LogP contribution in [0.5, 0.6) is 0 Å². The van der Waals surface area contributed by atoms with Crippen molar-refractivity contribution >= 4 is 17.5 Å². The molecule has 1 aliphatic rings. The highest BCUT2D eigenvalue weighted by atomic mass is 16.6. The van der Waals surface area contributed by atoms with E-state index in [1.54, 1.807) is 6.92 Å². The number of nitrogens with one attached hydrogen (secondary N) is 1. The third kappa shape index (κ3) is 3.37. The fraction of sp³-hybridized carbons (Fsp3) is 0.667. The van der Waals surface area contributed by atoms with Gasteiger partial charge in [0.15, 0.2) is 0 Å². The molecule has 0 unspecified atom stereocenters. The Balaban J connectivity index is 2.26. The van der Waals surface area contributed by atoms with E-state index in [-0.39, 0.29) is 11.6 Å². The average molecular weight is 295 g/mol. The number of aromatic nitrogens is 2. The SMILES string of the molecule is CCCN1CCN(c2nc(NN)nc(C)c2[N+](=O)[O-])CC1. The Kier molecular flexibility index (Phi) is 4.86. The predicted octanol–water partition coefficient (Wildman–Crippen LogP) is 0.511. The molecule has 0 aliphatic carbocycles. The van der Waals surface area contributed by atoms with Crippen LogP contribution in [0.15, 0.2) is 0 Å². The molecule has 0 bridgehead atoms. The maximum Gasteiger partial charge on any atom is 0.332 e. The summed E-state index contributed by atoms with van der Waals surface area (Å²) in [6.07, 6.45) is 1.11. The lowest BCUT2D eigenvalue weighted by Crippen LogP contribution is -2.47. The van der Waals surface area contributed by atoms with Gasteiger partial charge >= 0.3 is 5.69 Å². The largest absolute Gasteiger partial charge is 0.348 e. The Labute approximate surface area is 123 Å². The first-order chi connectivity index (χ1) is 10.1. The van der Waals surface area contributed by atoms with Crippen LogP contribution in [0.25, 0.3) is 0 Å². The zero-order valence-corrected chi connectivity index (χ0v) is 12.4. The quantitative estimate of drug-likeness (QED) is 0.459. The number of aryl methyl sites for hydroxylation is 1. The van der Waals surface area contributed by atoms with Gasteiger partial charge in [-0.25, -0.2) is 10.8 Å². The van der Waals surface area contributed by atoms with Gasteiger partial charge in [0.1, 0.15) is 5.69 Å². The summed E-state index contributed by atoms with van der Waals surface area (Å²) in [5.74, 6) is 5.88. The zero-order chi connectivity index (χ0) is 15.4. The van der Waals surface area contributed by atoms with E-state index in [0.29, 0.717) is 24.6 Å². The zero-order valence-electron chi connectivity index (χ0n) is 12.4. The van der Waals surface area contributed by atoms with Crippen LogP contribution in [-0.2, 0) is 0 Å². The summed E-state index contributed by atoms with van der Waals surface area (Å²) in [4.78, 5) is 23.3. The summed E-state index contributed by atoms with van der Waals surface area (Å²) in [6, 6.07) is 0. The molecule has 0 radical (unpaired) electrons. The number of nitrogens with zero attached hydrogens (tertiary/aromatic N) is 5. The smallest absolute Gasteiger partial charge is 0.332 e. The van der Waals surface area contributed by atoms with Crippen LogP contribution < -0.4 is 16.2 Å². The highest BCUT2D eigenvalue weighted by Gasteiger charge is 2.28. The van der Waals surface area contributed by atoms with Crippen molar-refractivity contribution in [1.29, 1.82) is 0 Å². The van der Waals surface area contributed by atoms with E-state index in [9.17, 15) is 10.1 Å². The average Bonchev–Trinajstić information content (AvgIpc) is 2.47. The normalized spacial score (nSPS) is 16.0. The van der Waals surface area contributed by atoms with Crippen LogP contribution >= 0.6 is 0 Å². The minimum atomic E-state index is -0.427. The second-order valence-electron chi connectivity index (χ2n) is 5.03. The van der Waals surface area contributed by atoms with Crippen molar-refractivity contribution in [3.8, 4) is 0 Å². The van der Waals surface area contributed by atoms with Crippen molar-refractivity contribution < 1.29 is 4.92 Å². The van der Waals surface area contributed by atoms with Gasteiger partial charge in [0.2, 0.25) is 11.8 Å². The predicted molar refractivity (Wildman–Crippen MR) is 80.2 cm³/mol. The van der Waals surface area contributed by atoms with Crippen LogP contribution in [-0.4, -0.2) is 52.5 Å². The third-order valence-electron chi connectivity index (χ3n) is 3.56. The molecular formula is C12H21N7O2. The van der Waals surface area contributed by atoms with Gasteiger partial charge < -0.3 is 4.90 Å². The van der Waals surface area contributed by atoms with Crippen LogP contribution in [0.1, 0.15) is 19.0 Å². The summed E-state index contributed by atoms with van der Waals surface area (Å²) in [6.45, 7) is 7.96. The Morgan fingerprint density at radius 2 is 2.00 bits per heavy atom. The first kappa shape index (κ1) is 15.4. The van der Waals surface area contributed by atoms with Crippen LogP contribution in [0.2, 0.25) is 0 Å². The van der Waals surface area contributed by atoms with Gasteiger partial charge in [-0.15, -0.1) is 0 Å². The van der Waals surface area contributed by atoms with E-state index in [1.807, 2.05) is 4.90 Å². The van der Waals surface area contributed by atoms with Crippen molar-refractivity contribution in [2.45, 2.75) is 20.3 Å². The molecule has 0 atom stereocenters. The number of hydrazine groups is 1. The highest BCUT2D eigenvalue weighted by molar-refractivity contribution is 5.62. The van der Waals surface area contributed by atoms with Crippen molar-refractivity contribution in [3.63, 3.8) is 0 Å². The minimum absolute atomic E-state index is 0.0436. The van der Waals surface area contributed by atoms with Gasteiger partial charge in [-0.3, -0.25) is 20.4 Å². The van der Waals surface area contributed by atoms with Crippen molar-refractivity contribution in [2.75, 3.05) is 43.0 Å². The molecule has 1 aromatic heterocycles. The lowest BCUT2D eigenvalue weighted by atomic mass is 10.2. The first-order valence-electron chi connectivity index (χ1n) is 7.03. The van der Waals surface area contributed by atoms with E-state index >= 15 is 0 Å². The summed E-state index contributed by atoms with van der Waals surface area (Å²) in [7, 11) is 0. The fourth-order valence-corrected chi connectivity index (χ4v) is 2.55. The third-order valence-corrected chi connectivity index (χ3v) is 3.56. The fourth-order valence-electron chi connectivity index (χ4n) is 2.55. The van der Waals surface area contributed by atoms with Crippen molar-refractivity contribution in [1.82, 2.24) is 14.9 Å². The molecule has 1 saturated heterocycles. The maximum atomic E-state index is 11.3. The molecular weight excluding hydrogens is 274 g/mol. The summed E-state index contributed by atoms with van der Waals surface area (Å²) < 4.78 is 0. The second-order valence-corrected chi connectivity index (χ2v) is 5.03. The number of nitrogens with two attached hydrogens (primary N) is 1. The molecule has 21 heavy (non-hydrogen) atoms. The van der Waals surface area contributed by atoms with Gasteiger partial charge in [-0.05, 0) is 19.9 Å². The standard InChI is InChI=1S/C12H21N7O2/c1-3-4-17-5-7-18(8-6-17)11-10(19(20)21)9(2)14-12(15-11)16-13/h3-8,13H2,1-2H3,(H,14,15,16). The number of anilines is 2. The lowest BCUT2D eigenvalue weighted by molar-refractivity contribution is -0.385. The number of nitro groups is 1. The Bertz CT molecular complexity index is 515. The number of rotatable bonds is 5. The number of hydrogen-bond donors (Lipinski definition) is 2. The Hall–Kier alpha value is -2.00. The molecule has 1 fully saturated rings. The van der Waals surface area contributed by atoms with E-state index in [2.05, 4.69) is 27.2 Å². The van der Waals surface area contributed by atoms with Gasteiger partial charge in [0.25, 0.3) is 0 Å². The molecule has 116 valence electrons. The van der Waals surface area contributed by atoms with E-state index in [4.69, 9.17) is 5.84 Å². The molecule has 2 rings (SSSR count). The monoisotopic (exact) mass is 295 g/mol. The lowest BCUT2D eigenvalue weighted by Gasteiger charge is -2.35. The van der Waals surface area contributed by atoms with Gasteiger partial charge in [0, 0.05) is 26.2 Å². The summed E-state index contributed by atoms with van der Waals surface area (Å²) in [5, 5.41) is 11.3. The molecule has 1 aliphatic heterocycles.